The van der Waals surface area contributed by atoms with Gasteiger partial charge in [0.2, 0.25) is 0 Å². The number of aliphatic hydroxyl groups is 1. The second-order valence-corrected chi connectivity index (χ2v) is 5.73. The molecule has 1 atom stereocenters. The van der Waals surface area contributed by atoms with E-state index in [-0.39, 0.29) is 0 Å². The first-order valence-electron chi connectivity index (χ1n) is 7.37. The van der Waals surface area contributed by atoms with Gasteiger partial charge in [-0.15, -0.1) is 0 Å². The number of hydrogen-bond donors (Lipinski definition) is 1. The Bertz CT molecular complexity index is 774. The van der Waals surface area contributed by atoms with E-state index in [4.69, 9.17) is 0 Å². The Kier molecular flexibility index (Phi) is 3.76. The Morgan fingerprint density at radius 3 is 2.52 bits per heavy atom. The van der Waals surface area contributed by atoms with Crippen molar-refractivity contribution in [3.05, 3.63) is 82.9 Å². The molecule has 0 radical (unpaired) electrons. The second kappa shape index (κ2) is 5.71. The highest BCUT2D eigenvalue weighted by molar-refractivity contribution is 5.87. The Balaban J connectivity index is 2.01. The molecule has 1 nitrogen and oxygen atoms in total. The van der Waals surface area contributed by atoms with Crippen LogP contribution >= 0.6 is 0 Å². The first-order valence-corrected chi connectivity index (χ1v) is 7.37. The molecule has 0 spiro atoms. The molecule has 0 amide bonds. The van der Waals surface area contributed by atoms with Crippen molar-refractivity contribution < 1.29 is 5.11 Å². The van der Waals surface area contributed by atoms with Gasteiger partial charge in [-0.05, 0) is 41.3 Å². The fourth-order valence-corrected chi connectivity index (χ4v) is 3.01. The van der Waals surface area contributed by atoms with E-state index < -0.39 is 6.10 Å². The van der Waals surface area contributed by atoms with Crippen molar-refractivity contribution in [3.8, 4) is 0 Å². The first-order chi connectivity index (χ1) is 10.1. The van der Waals surface area contributed by atoms with Crippen LogP contribution in [-0.2, 0) is 6.42 Å². The minimum Gasteiger partial charge on any atom is -0.388 e. The Labute approximate surface area is 125 Å². The average molecular weight is 276 g/mol. The monoisotopic (exact) mass is 276 g/mol. The smallest absolute Gasteiger partial charge is 0.0838 e. The van der Waals surface area contributed by atoms with Crippen LogP contribution in [-0.4, -0.2) is 5.11 Å². The third kappa shape index (κ3) is 2.84. The summed E-state index contributed by atoms with van der Waals surface area (Å²) in [6.45, 7) is 4.15. The van der Waals surface area contributed by atoms with E-state index in [9.17, 15) is 5.11 Å². The van der Waals surface area contributed by atoms with Gasteiger partial charge < -0.3 is 5.11 Å². The maximum Gasteiger partial charge on any atom is 0.0838 e. The standard InChI is InChI=1S/C20H20O/c1-14-6-5-7-16(12-14)13-19(21)20-15(2)10-11-17-8-3-4-9-18(17)20/h3-12,19,21H,13H2,1-2H3. The SMILES string of the molecule is Cc1cccc(CC(O)c2c(C)ccc3ccccc23)c1. The third-order valence-electron chi connectivity index (χ3n) is 4.03. The topological polar surface area (TPSA) is 20.2 Å². The molecular weight excluding hydrogens is 256 g/mol. The summed E-state index contributed by atoms with van der Waals surface area (Å²) in [7, 11) is 0. The summed E-state index contributed by atoms with van der Waals surface area (Å²) in [4.78, 5) is 0. The zero-order valence-corrected chi connectivity index (χ0v) is 12.5. The molecule has 0 saturated carbocycles. The molecule has 0 heterocycles. The van der Waals surface area contributed by atoms with E-state index >= 15 is 0 Å². The fourth-order valence-electron chi connectivity index (χ4n) is 3.01. The number of benzene rings is 3. The van der Waals surface area contributed by atoms with Crippen molar-refractivity contribution in [3.63, 3.8) is 0 Å². The molecule has 0 aliphatic heterocycles. The van der Waals surface area contributed by atoms with Crippen LogP contribution in [0.3, 0.4) is 0 Å². The molecule has 0 aromatic heterocycles. The molecule has 3 aromatic rings. The maximum atomic E-state index is 10.7. The largest absolute Gasteiger partial charge is 0.388 e. The van der Waals surface area contributed by atoms with Gasteiger partial charge in [0, 0.05) is 6.42 Å². The van der Waals surface area contributed by atoms with E-state index in [0.717, 1.165) is 16.5 Å². The Hall–Kier alpha value is -2.12. The van der Waals surface area contributed by atoms with Crippen LogP contribution in [0.4, 0.5) is 0 Å². The van der Waals surface area contributed by atoms with Crippen LogP contribution in [0.5, 0.6) is 0 Å². The normalized spacial score (nSPS) is 12.5. The van der Waals surface area contributed by atoms with Gasteiger partial charge in [0.25, 0.3) is 0 Å². The molecule has 0 aliphatic rings. The zero-order valence-electron chi connectivity index (χ0n) is 12.5. The lowest BCUT2D eigenvalue weighted by atomic mass is 9.92. The predicted octanol–water partition coefficient (Wildman–Crippen LogP) is 4.73. The Morgan fingerprint density at radius 2 is 1.71 bits per heavy atom. The average Bonchev–Trinajstić information content (AvgIpc) is 2.47. The summed E-state index contributed by atoms with van der Waals surface area (Å²) < 4.78 is 0. The number of hydrogen-bond acceptors (Lipinski definition) is 1. The van der Waals surface area contributed by atoms with Gasteiger partial charge in [-0.3, -0.25) is 0 Å². The number of aliphatic hydroxyl groups excluding tert-OH is 1. The molecule has 0 fully saturated rings. The highest BCUT2D eigenvalue weighted by Crippen LogP contribution is 2.29. The number of aryl methyl sites for hydroxylation is 2. The second-order valence-electron chi connectivity index (χ2n) is 5.73. The third-order valence-corrected chi connectivity index (χ3v) is 4.03. The molecule has 3 rings (SSSR count). The number of rotatable bonds is 3. The van der Waals surface area contributed by atoms with Crippen LogP contribution in [0.15, 0.2) is 60.7 Å². The molecular formula is C20H20O. The molecule has 0 bridgehead atoms. The summed E-state index contributed by atoms with van der Waals surface area (Å²) in [5.41, 5.74) is 4.60. The van der Waals surface area contributed by atoms with Crippen LogP contribution in [0.2, 0.25) is 0 Å². The van der Waals surface area contributed by atoms with Crippen LogP contribution in [0.25, 0.3) is 10.8 Å². The molecule has 21 heavy (non-hydrogen) atoms. The Morgan fingerprint density at radius 1 is 0.905 bits per heavy atom. The minimum atomic E-state index is -0.474. The van der Waals surface area contributed by atoms with Gasteiger partial charge in [-0.25, -0.2) is 0 Å². The lowest BCUT2D eigenvalue weighted by molar-refractivity contribution is 0.179. The summed E-state index contributed by atoms with van der Waals surface area (Å²) >= 11 is 0. The van der Waals surface area contributed by atoms with E-state index in [0.29, 0.717) is 6.42 Å². The van der Waals surface area contributed by atoms with Crippen molar-refractivity contribution in [1.82, 2.24) is 0 Å². The molecule has 1 unspecified atom stereocenters. The maximum absolute atomic E-state index is 10.7. The van der Waals surface area contributed by atoms with E-state index in [1.54, 1.807) is 0 Å². The van der Waals surface area contributed by atoms with Crippen molar-refractivity contribution in [1.29, 1.82) is 0 Å². The first kappa shape index (κ1) is 13.8. The predicted molar refractivity (Wildman–Crippen MR) is 88.5 cm³/mol. The van der Waals surface area contributed by atoms with Gasteiger partial charge in [0.15, 0.2) is 0 Å². The highest BCUT2D eigenvalue weighted by Gasteiger charge is 2.14. The van der Waals surface area contributed by atoms with Gasteiger partial charge in [0.1, 0.15) is 0 Å². The lowest BCUT2D eigenvalue weighted by Crippen LogP contribution is -2.05. The molecule has 0 saturated heterocycles. The molecule has 1 N–H and O–H groups in total. The molecule has 1 heteroatoms. The summed E-state index contributed by atoms with van der Waals surface area (Å²) in [6.07, 6.45) is 0.175. The molecule has 0 aliphatic carbocycles. The number of fused-ring (bicyclic) bond motifs is 1. The van der Waals surface area contributed by atoms with Crippen molar-refractivity contribution >= 4 is 10.8 Å². The van der Waals surface area contributed by atoms with Crippen LogP contribution < -0.4 is 0 Å². The lowest BCUT2D eigenvalue weighted by Gasteiger charge is -2.17. The zero-order chi connectivity index (χ0) is 14.8. The van der Waals surface area contributed by atoms with Crippen molar-refractivity contribution in [2.75, 3.05) is 0 Å². The fraction of sp³-hybridized carbons (Fsp3) is 0.200. The van der Waals surface area contributed by atoms with E-state index in [2.05, 4.69) is 56.3 Å². The van der Waals surface area contributed by atoms with E-state index in [1.165, 1.54) is 16.5 Å². The van der Waals surface area contributed by atoms with Crippen LogP contribution in [0, 0.1) is 13.8 Å². The van der Waals surface area contributed by atoms with Gasteiger partial charge >= 0.3 is 0 Å². The quantitative estimate of drug-likeness (QED) is 0.733. The molecule has 106 valence electrons. The highest BCUT2D eigenvalue weighted by atomic mass is 16.3. The van der Waals surface area contributed by atoms with Gasteiger partial charge in [-0.2, -0.15) is 0 Å². The van der Waals surface area contributed by atoms with E-state index in [1.807, 2.05) is 18.2 Å². The van der Waals surface area contributed by atoms with Gasteiger partial charge in [0.05, 0.1) is 6.10 Å². The summed E-state index contributed by atoms with van der Waals surface area (Å²) in [6, 6.07) is 20.8. The van der Waals surface area contributed by atoms with Crippen molar-refractivity contribution in [2.45, 2.75) is 26.4 Å². The summed E-state index contributed by atoms with van der Waals surface area (Å²) in [5, 5.41) is 13.1. The minimum absolute atomic E-state index is 0.474. The summed E-state index contributed by atoms with van der Waals surface area (Å²) in [5.74, 6) is 0. The van der Waals surface area contributed by atoms with Crippen LogP contribution in [0.1, 0.15) is 28.4 Å². The molecule has 3 aromatic carbocycles. The van der Waals surface area contributed by atoms with Gasteiger partial charge in [-0.1, -0.05) is 66.2 Å². The van der Waals surface area contributed by atoms with Crippen molar-refractivity contribution in [2.24, 2.45) is 0 Å².